The minimum Gasteiger partial charge on any atom is -0.394 e. The molecule has 0 aromatic rings. The van der Waals surface area contributed by atoms with E-state index in [1.807, 2.05) is 0 Å². The summed E-state index contributed by atoms with van der Waals surface area (Å²) in [5.41, 5.74) is -0.513. The molecule has 1 heterocycles. The van der Waals surface area contributed by atoms with Crippen molar-refractivity contribution in [2.24, 2.45) is 0 Å². The summed E-state index contributed by atoms with van der Waals surface area (Å²) in [7, 11) is 0. The summed E-state index contributed by atoms with van der Waals surface area (Å²) in [6, 6.07) is -0.0641. The van der Waals surface area contributed by atoms with Crippen LogP contribution in [0.2, 0.25) is 0 Å². The first-order valence-corrected chi connectivity index (χ1v) is 4.71. The number of aliphatic hydroxyl groups is 1. The molecule has 1 rings (SSSR count). The Hall–Kier alpha value is -0.610. The monoisotopic (exact) mass is 186 g/mol. The van der Waals surface area contributed by atoms with Gasteiger partial charge in [0, 0.05) is 0 Å². The number of nitrogens with one attached hydrogen (secondary N) is 2. The van der Waals surface area contributed by atoms with Gasteiger partial charge in [0.05, 0.1) is 18.2 Å². The van der Waals surface area contributed by atoms with Crippen molar-refractivity contribution in [1.29, 1.82) is 0 Å². The third-order valence-electron chi connectivity index (χ3n) is 2.23. The summed E-state index contributed by atoms with van der Waals surface area (Å²) in [5.74, 6) is -0.00319. The number of rotatable bonds is 3. The lowest BCUT2D eigenvalue weighted by Crippen LogP contribution is -2.52. The van der Waals surface area contributed by atoms with Gasteiger partial charge >= 0.3 is 0 Å². The van der Waals surface area contributed by atoms with Crippen LogP contribution in [0.4, 0.5) is 0 Å². The van der Waals surface area contributed by atoms with E-state index in [0.717, 1.165) is 19.4 Å². The van der Waals surface area contributed by atoms with Gasteiger partial charge in [0.1, 0.15) is 0 Å². The van der Waals surface area contributed by atoms with Crippen LogP contribution in [0.25, 0.3) is 0 Å². The van der Waals surface area contributed by atoms with Crippen LogP contribution in [0.15, 0.2) is 0 Å². The van der Waals surface area contributed by atoms with Gasteiger partial charge in [-0.2, -0.15) is 0 Å². The zero-order valence-electron chi connectivity index (χ0n) is 8.26. The van der Waals surface area contributed by atoms with E-state index in [2.05, 4.69) is 10.6 Å². The molecule has 0 bridgehead atoms. The summed E-state index contributed by atoms with van der Waals surface area (Å²) >= 11 is 0. The molecule has 0 unspecified atom stereocenters. The SMILES string of the molecule is CC(C)(CO)NC(=O)[C@@H]1CCCN1. The molecule has 4 nitrogen and oxygen atoms in total. The molecule has 0 aliphatic carbocycles. The first kappa shape index (κ1) is 10.5. The summed E-state index contributed by atoms with van der Waals surface area (Å²) in [6.45, 7) is 4.49. The van der Waals surface area contributed by atoms with Crippen LogP contribution in [-0.2, 0) is 4.79 Å². The number of carbonyl (C=O) groups is 1. The molecule has 0 aromatic carbocycles. The molecule has 1 aliphatic heterocycles. The van der Waals surface area contributed by atoms with Crippen molar-refractivity contribution in [3.05, 3.63) is 0 Å². The maximum absolute atomic E-state index is 11.5. The van der Waals surface area contributed by atoms with E-state index in [1.54, 1.807) is 13.8 Å². The van der Waals surface area contributed by atoms with Crippen molar-refractivity contribution >= 4 is 5.91 Å². The van der Waals surface area contributed by atoms with Crippen molar-refractivity contribution in [3.8, 4) is 0 Å². The Morgan fingerprint density at radius 3 is 2.85 bits per heavy atom. The standard InChI is InChI=1S/C9H18N2O2/c1-9(2,6-12)11-8(13)7-4-3-5-10-7/h7,10,12H,3-6H2,1-2H3,(H,11,13)/t7-/m0/s1. The third kappa shape index (κ3) is 2.97. The van der Waals surface area contributed by atoms with Crippen LogP contribution in [-0.4, -0.2) is 35.7 Å². The van der Waals surface area contributed by atoms with Gasteiger partial charge in [-0.05, 0) is 33.2 Å². The quantitative estimate of drug-likeness (QED) is 0.563. The smallest absolute Gasteiger partial charge is 0.237 e. The second-order valence-electron chi connectivity index (χ2n) is 4.18. The Labute approximate surface area is 78.7 Å². The average molecular weight is 186 g/mol. The van der Waals surface area contributed by atoms with Crippen molar-refractivity contribution in [2.45, 2.75) is 38.3 Å². The molecular formula is C9H18N2O2. The zero-order valence-corrected chi connectivity index (χ0v) is 8.26. The molecule has 76 valence electrons. The van der Waals surface area contributed by atoms with Crippen molar-refractivity contribution in [1.82, 2.24) is 10.6 Å². The van der Waals surface area contributed by atoms with E-state index >= 15 is 0 Å². The van der Waals surface area contributed by atoms with Crippen molar-refractivity contribution in [2.75, 3.05) is 13.2 Å². The second kappa shape index (κ2) is 4.07. The molecule has 13 heavy (non-hydrogen) atoms. The van der Waals surface area contributed by atoms with Gasteiger partial charge in [0.15, 0.2) is 0 Å². The first-order valence-electron chi connectivity index (χ1n) is 4.71. The minimum atomic E-state index is -0.513. The molecule has 1 amide bonds. The first-order chi connectivity index (χ1) is 6.05. The second-order valence-corrected chi connectivity index (χ2v) is 4.18. The molecular weight excluding hydrogens is 168 g/mol. The highest BCUT2D eigenvalue weighted by Crippen LogP contribution is 2.07. The van der Waals surface area contributed by atoms with E-state index in [1.165, 1.54) is 0 Å². The van der Waals surface area contributed by atoms with Crippen molar-refractivity contribution in [3.63, 3.8) is 0 Å². The van der Waals surface area contributed by atoms with Crippen LogP contribution < -0.4 is 10.6 Å². The maximum atomic E-state index is 11.5. The van der Waals surface area contributed by atoms with Crippen LogP contribution in [0.3, 0.4) is 0 Å². The van der Waals surface area contributed by atoms with E-state index in [-0.39, 0.29) is 18.6 Å². The fourth-order valence-electron chi connectivity index (χ4n) is 1.37. The van der Waals surface area contributed by atoms with Crippen LogP contribution in [0.5, 0.6) is 0 Å². The topological polar surface area (TPSA) is 61.4 Å². The summed E-state index contributed by atoms with van der Waals surface area (Å²) in [6.07, 6.45) is 1.95. The fourth-order valence-corrected chi connectivity index (χ4v) is 1.37. The molecule has 4 heteroatoms. The number of amides is 1. The molecule has 0 spiro atoms. The predicted molar refractivity (Wildman–Crippen MR) is 50.3 cm³/mol. The zero-order chi connectivity index (χ0) is 9.90. The summed E-state index contributed by atoms with van der Waals surface area (Å²) in [5, 5.41) is 14.9. The van der Waals surface area contributed by atoms with Gasteiger partial charge in [0.2, 0.25) is 5.91 Å². The minimum absolute atomic E-state index is 0.00319. The highest BCUT2D eigenvalue weighted by molar-refractivity contribution is 5.82. The number of carbonyl (C=O) groups excluding carboxylic acids is 1. The molecule has 1 fully saturated rings. The maximum Gasteiger partial charge on any atom is 0.237 e. The number of hydrogen-bond donors (Lipinski definition) is 3. The third-order valence-corrected chi connectivity index (χ3v) is 2.23. The molecule has 0 radical (unpaired) electrons. The fraction of sp³-hybridized carbons (Fsp3) is 0.889. The lowest BCUT2D eigenvalue weighted by molar-refractivity contribution is -0.124. The highest BCUT2D eigenvalue weighted by atomic mass is 16.3. The van der Waals surface area contributed by atoms with Crippen molar-refractivity contribution < 1.29 is 9.90 Å². The van der Waals surface area contributed by atoms with Gasteiger partial charge in [0.25, 0.3) is 0 Å². The molecule has 0 aromatic heterocycles. The number of hydrogen-bond acceptors (Lipinski definition) is 3. The average Bonchev–Trinajstić information content (AvgIpc) is 2.55. The molecule has 1 atom stereocenters. The Morgan fingerprint density at radius 1 is 1.69 bits per heavy atom. The van der Waals surface area contributed by atoms with E-state index in [9.17, 15) is 4.79 Å². The van der Waals surface area contributed by atoms with Gasteiger partial charge < -0.3 is 15.7 Å². The lowest BCUT2D eigenvalue weighted by atomic mass is 10.1. The lowest BCUT2D eigenvalue weighted by Gasteiger charge is -2.25. The Morgan fingerprint density at radius 2 is 2.38 bits per heavy atom. The molecule has 3 N–H and O–H groups in total. The largest absolute Gasteiger partial charge is 0.394 e. The summed E-state index contributed by atoms with van der Waals surface area (Å²) in [4.78, 5) is 11.5. The van der Waals surface area contributed by atoms with Crippen LogP contribution in [0.1, 0.15) is 26.7 Å². The van der Waals surface area contributed by atoms with E-state index in [4.69, 9.17) is 5.11 Å². The van der Waals surface area contributed by atoms with Crippen LogP contribution in [0, 0.1) is 0 Å². The Balaban J connectivity index is 2.40. The van der Waals surface area contributed by atoms with Gasteiger partial charge in [-0.1, -0.05) is 0 Å². The molecule has 0 saturated carbocycles. The molecule has 1 saturated heterocycles. The van der Waals surface area contributed by atoms with Crippen LogP contribution >= 0.6 is 0 Å². The van der Waals surface area contributed by atoms with Gasteiger partial charge in [-0.3, -0.25) is 4.79 Å². The van der Waals surface area contributed by atoms with E-state index in [0.29, 0.717) is 0 Å². The summed E-state index contributed by atoms with van der Waals surface area (Å²) < 4.78 is 0. The highest BCUT2D eigenvalue weighted by Gasteiger charge is 2.26. The van der Waals surface area contributed by atoms with Gasteiger partial charge in [-0.15, -0.1) is 0 Å². The Bertz CT molecular complexity index is 186. The van der Waals surface area contributed by atoms with Gasteiger partial charge in [-0.25, -0.2) is 0 Å². The predicted octanol–water partition coefficient (Wildman–Crippen LogP) is -0.374. The molecule has 1 aliphatic rings. The Kier molecular flexibility index (Phi) is 3.27. The van der Waals surface area contributed by atoms with E-state index < -0.39 is 5.54 Å². The number of aliphatic hydroxyl groups excluding tert-OH is 1. The normalized spacial score (nSPS) is 23.2.